The third-order valence-corrected chi connectivity index (χ3v) is 5.96. The van der Waals surface area contributed by atoms with Crippen LogP contribution in [0.15, 0.2) is 71.7 Å². The average molecular weight is 375 g/mol. The van der Waals surface area contributed by atoms with Crippen molar-refractivity contribution in [2.45, 2.75) is 20.0 Å². The zero-order valence-corrected chi connectivity index (χ0v) is 16.3. The zero-order chi connectivity index (χ0) is 18.8. The highest BCUT2D eigenvalue weighted by Crippen LogP contribution is 2.34. The second kappa shape index (κ2) is 7.41. The van der Waals surface area contributed by atoms with Crippen LogP contribution in [0.3, 0.4) is 0 Å². The van der Waals surface area contributed by atoms with Gasteiger partial charge in [0, 0.05) is 28.4 Å². The first-order valence-electron chi connectivity index (χ1n) is 9.05. The van der Waals surface area contributed by atoms with Crippen LogP contribution < -0.4 is 10.3 Å². The van der Waals surface area contributed by atoms with E-state index in [9.17, 15) is 4.79 Å². The fraction of sp³-hybridized carbons (Fsp3) is 0.174. The van der Waals surface area contributed by atoms with Crippen molar-refractivity contribution in [1.29, 1.82) is 0 Å². The first-order chi connectivity index (χ1) is 13.2. The number of nitrogens with zero attached hydrogens (tertiary/aromatic N) is 1. The lowest BCUT2D eigenvalue weighted by atomic mass is 10.1. The number of ether oxygens (including phenoxy) is 1. The summed E-state index contributed by atoms with van der Waals surface area (Å²) in [4.78, 5) is 13.7. The van der Waals surface area contributed by atoms with Crippen LogP contribution in [0.4, 0.5) is 0 Å². The quantitative estimate of drug-likeness (QED) is 0.467. The van der Waals surface area contributed by atoms with Crippen molar-refractivity contribution in [2.75, 3.05) is 0 Å². The molecule has 0 spiro atoms. The van der Waals surface area contributed by atoms with Crippen LogP contribution in [-0.4, -0.2) is 4.57 Å². The lowest BCUT2D eigenvalue weighted by molar-refractivity contribution is 0.306. The summed E-state index contributed by atoms with van der Waals surface area (Å²) in [7, 11) is 1.81. The fourth-order valence-corrected chi connectivity index (χ4v) is 4.30. The SMILES string of the molecule is CCc1cc2c(=O)n(C)cc(-c3cccc(OCc4ccccc4)c3)c2s1. The van der Waals surface area contributed by atoms with Gasteiger partial charge >= 0.3 is 0 Å². The number of thiophene rings is 1. The molecule has 136 valence electrons. The van der Waals surface area contributed by atoms with Crippen LogP contribution in [-0.2, 0) is 20.1 Å². The van der Waals surface area contributed by atoms with Gasteiger partial charge < -0.3 is 9.30 Å². The number of rotatable bonds is 5. The number of fused-ring (bicyclic) bond motifs is 1. The number of hydrogen-bond acceptors (Lipinski definition) is 3. The van der Waals surface area contributed by atoms with Crippen molar-refractivity contribution < 1.29 is 4.74 Å². The number of hydrogen-bond donors (Lipinski definition) is 0. The Hall–Kier alpha value is -2.85. The molecule has 3 nitrogen and oxygen atoms in total. The van der Waals surface area contributed by atoms with E-state index in [2.05, 4.69) is 25.1 Å². The minimum Gasteiger partial charge on any atom is -0.489 e. The van der Waals surface area contributed by atoms with Crippen molar-refractivity contribution >= 4 is 21.4 Å². The second-order valence-electron chi connectivity index (χ2n) is 6.57. The fourth-order valence-electron chi connectivity index (χ4n) is 3.18. The molecule has 0 aliphatic heterocycles. The van der Waals surface area contributed by atoms with Crippen molar-refractivity contribution in [2.24, 2.45) is 7.05 Å². The molecule has 0 N–H and O–H groups in total. The molecule has 2 heterocycles. The van der Waals surface area contributed by atoms with Crippen molar-refractivity contribution in [3.05, 3.63) is 87.7 Å². The van der Waals surface area contributed by atoms with E-state index in [0.29, 0.717) is 6.61 Å². The monoisotopic (exact) mass is 375 g/mol. The van der Waals surface area contributed by atoms with E-state index in [1.165, 1.54) is 4.88 Å². The molecule has 4 rings (SSSR count). The summed E-state index contributed by atoms with van der Waals surface area (Å²) in [6, 6.07) is 20.3. The van der Waals surface area contributed by atoms with Gasteiger partial charge in [0.15, 0.2) is 0 Å². The summed E-state index contributed by atoms with van der Waals surface area (Å²) in [6.07, 6.45) is 2.86. The Morgan fingerprint density at radius 3 is 2.63 bits per heavy atom. The van der Waals surface area contributed by atoms with Gasteiger partial charge in [0.1, 0.15) is 12.4 Å². The van der Waals surface area contributed by atoms with Crippen molar-refractivity contribution in [3.63, 3.8) is 0 Å². The predicted octanol–water partition coefficient (Wildman–Crippen LogP) is 5.41. The molecule has 2 aromatic carbocycles. The van der Waals surface area contributed by atoms with Crippen LogP contribution in [0.25, 0.3) is 21.2 Å². The minimum atomic E-state index is 0.0567. The maximum Gasteiger partial charge on any atom is 0.259 e. The van der Waals surface area contributed by atoms with Gasteiger partial charge in [-0.05, 0) is 35.7 Å². The normalized spacial score (nSPS) is 11.0. The van der Waals surface area contributed by atoms with E-state index in [-0.39, 0.29) is 5.56 Å². The molecule has 0 atom stereocenters. The van der Waals surface area contributed by atoms with E-state index < -0.39 is 0 Å². The minimum absolute atomic E-state index is 0.0567. The first-order valence-corrected chi connectivity index (χ1v) is 9.86. The lowest BCUT2D eigenvalue weighted by Crippen LogP contribution is -2.15. The molecule has 0 radical (unpaired) electrons. The third kappa shape index (κ3) is 3.53. The van der Waals surface area contributed by atoms with Crippen LogP contribution in [0, 0.1) is 0 Å². The Morgan fingerprint density at radius 2 is 1.85 bits per heavy atom. The Balaban J connectivity index is 1.72. The first kappa shape index (κ1) is 17.6. The van der Waals surface area contributed by atoms with E-state index in [4.69, 9.17) is 4.74 Å². The third-order valence-electron chi connectivity index (χ3n) is 4.64. The van der Waals surface area contributed by atoms with Crippen LogP contribution in [0.5, 0.6) is 5.75 Å². The average Bonchev–Trinajstić information content (AvgIpc) is 3.15. The van der Waals surface area contributed by atoms with Gasteiger partial charge in [-0.25, -0.2) is 0 Å². The molecule has 0 unspecified atom stereocenters. The number of benzene rings is 2. The van der Waals surface area contributed by atoms with E-state index in [1.807, 2.05) is 55.7 Å². The van der Waals surface area contributed by atoms with Gasteiger partial charge in [-0.3, -0.25) is 4.79 Å². The highest BCUT2D eigenvalue weighted by molar-refractivity contribution is 7.19. The molecular formula is C23H21NO2S. The summed E-state index contributed by atoms with van der Waals surface area (Å²) in [6.45, 7) is 2.65. The maximum absolute atomic E-state index is 12.5. The summed E-state index contributed by atoms with van der Waals surface area (Å²) < 4.78 is 8.70. The molecule has 27 heavy (non-hydrogen) atoms. The summed E-state index contributed by atoms with van der Waals surface area (Å²) in [5.41, 5.74) is 3.33. The van der Waals surface area contributed by atoms with Crippen molar-refractivity contribution in [3.8, 4) is 16.9 Å². The standard InChI is InChI=1S/C23H21NO2S/c1-3-19-13-20-22(27-19)21(14-24(2)23(20)25)17-10-7-11-18(12-17)26-15-16-8-5-4-6-9-16/h4-14H,3,15H2,1-2H3. The van der Waals surface area contributed by atoms with Gasteiger partial charge in [0.2, 0.25) is 0 Å². The van der Waals surface area contributed by atoms with Gasteiger partial charge in [-0.15, -0.1) is 11.3 Å². The highest BCUT2D eigenvalue weighted by Gasteiger charge is 2.13. The molecule has 2 aromatic heterocycles. The molecule has 0 bridgehead atoms. The second-order valence-corrected chi connectivity index (χ2v) is 7.71. The van der Waals surface area contributed by atoms with Gasteiger partial charge in [0.25, 0.3) is 5.56 Å². The Morgan fingerprint density at radius 1 is 1.04 bits per heavy atom. The van der Waals surface area contributed by atoms with Gasteiger partial charge in [-0.2, -0.15) is 0 Å². The highest BCUT2D eigenvalue weighted by atomic mass is 32.1. The molecule has 0 aliphatic rings. The Kier molecular flexibility index (Phi) is 4.82. The summed E-state index contributed by atoms with van der Waals surface area (Å²) >= 11 is 1.70. The molecule has 0 saturated carbocycles. The predicted molar refractivity (Wildman–Crippen MR) is 113 cm³/mol. The topological polar surface area (TPSA) is 31.2 Å². The van der Waals surface area contributed by atoms with Crippen molar-refractivity contribution in [1.82, 2.24) is 4.57 Å². The van der Waals surface area contributed by atoms with E-state index in [0.717, 1.165) is 38.9 Å². The number of aromatic nitrogens is 1. The summed E-state index contributed by atoms with van der Waals surface area (Å²) in [5.74, 6) is 0.825. The van der Waals surface area contributed by atoms with Crippen LogP contribution in [0.1, 0.15) is 17.4 Å². The lowest BCUT2D eigenvalue weighted by Gasteiger charge is -2.10. The molecule has 4 heteroatoms. The molecule has 0 saturated heterocycles. The zero-order valence-electron chi connectivity index (χ0n) is 15.4. The Bertz CT molecular complexity index is 1140. The molecular weight excluding hydrogens is 354 g/mol. The number of pyridine rings is 1. The Labute approximate surface area is 162 Å². The van der Waals surface area contributed by atoms with Crippen LogP contribution in [0.2, 0.25) is 0 Å². The molecule has 0 fully saturated rings. The van der Waals surface area contributed by atoms with Gasteiger partial charge in [0.05, 0.1) is 5.39 Å². The molecule has 4 aromatic rings. The number of aryl methyl sites for hydroxylation is 2. The van der Waals surface area contributed by atoms with Crippen LogP contribution >= 0.6 is 11.3 Å². The smallest absolute Gasteiger partial charge is 0.259 e. The van der Waals surface area contributed by atoms with E-state index in [1.54, 1.807) is 15.9 Å². The van der Waals surface area contributed by atoms with Gasteiger partial charge in [-0.1, -0.05) is 49.4 Å². The molecule has 0 amide bonds. The van der Waals surface area contributed by atoms with E-state index >= 15 is 0 Å². The summed E-state index contributed by atoms with van der Waals surface area (Å²) in [5, 5.41) is 0.799. The largest absolute Gasteiger partial charge is 0.489 e. The maximum atomic E-state index is 12.5. The molecule has 0 aliphatic carbocycles.